The van der Waals surface area contributed by atoms with Crippen LogP contribution < -0.4 is 10.2 Å². The maximum Gasteiger partial charge on any atom is 0.296 e. The Balaban J connectivity index is 1.88. The van der Waals surface area contributed by atoms with Gasteiger partial charge in [0.1, 0.15) is 5.82 Å². The van der Waals surface area contributed by atoms with Crippen molar-refractivity contribution in [3.63, 3.8) is 0 Å². The first-order valence-corrected chi connectivity index (χ1v) is 7.10. The number of nitrogens with one attached hydrogen (secondary N) is 1. The average Bonchev–Trinajstić information content (AvgIpc) is 2.73. The lowest BCUT2D eigenvalue weighted by molar-refractivity contribution is -0.112. The van der Waals surface area contributed by atoms with Crippen LogP contribution in [0.3, 0.4) is 0 Å². The molecule has 0 aromatic heterocycles. The van der Waals surface area contributed by atoms with Crippen LogP contribution in [0.1, 0.15) is 17.3 Å². The molecule has 2 heterocycles. The van der Waals surface area contributed by atoms with E-state index >= 15 is 0 Å². The molecule has 1 aromatic rings. The van der Waals surface area contributed by atoms with Crippen molar-refractivity contribution in [1.82, 2.24) is 4.90 Å². The third kappa shape index (κ3) is 2.24. The molecule has 0 radical (unpaired) electrons. The van der Waals surface area contributed by atoms with Gasteiger partial charge in [-0.2, -0.15) is 0 Å². The summed E-state index contributed by atoms with van der Waals surface area (Å²) in [5, 5.41) is 2.45. The van der Waals surface area contributed by atoms with E-state index in [1.54, 1.807) is 4.90 Å². The molecule has 1 unspecified atom stereocenters. The molecule has 1 fully saturated rings. The standard InChI is InChI=1S/C14H15BFN3O3/c1-7-6-18(2-3-19(7)14(15)22)11-5-10-8(4-9(11)16)12(20)13(21)17-10/h4-5,7H,2-3,6,15H2,1H3,(H,17,20,21). The van der Waals surface area contributed by atoms with Crippen LogP contribution in [-0.2, 0) is 4.79 Å². The molecule has 6 nitrogen and oxygen atoms in total. The number of hydrogen-bond acceptors (Lipinski definition) is 4. The summed E-state index contributed by atoms with van der Waals surface area (Å²) in [6.07, 6.45) is 0. The minimum absolute atomic E-state index is 0.000523. The first-order chi connectivity index (χ1) is 10.4. The smallest absolute Gasteiger partial charge is 0.296 e. The van der Waals surface area contributed by atoms with Crippen LogP contribution in [0.5, 0.6) is 0 Å². The molecule has 0 saturated carbocycles. The van der Waals surface area contributed by atoms with Crippen molar-refractivity contribution in [3.05, 3.63) is 23.5 Å². The van der Waals surface area contributed by atoms with E-state index in [2.05, 4.69) is 5.32 Å². The van der Waals surface area contributed by atoms with E-state index in [4.69, 9.17) is 0 Å². The van der Waals surface area contributed by atoms with Gasteiger partial charge in [0.2, 0.25) is 7.85 Å². The summed E-state index contributed by atoms with van der Waals surface area (Å²) in [5.74, 6) is -1.98. The fourth-order valence-electron chi connectivity index (χ4n) is 3.04. The molecule has 22 heavy (non-hydrogen) atoms. The van der Waals surface area contributed by atoms with E-state index in [9.17, 15) is 18.8 Å². The quantitative estimate of drug-likeness (QED) is 0.595. The number of hydrogen-bond donors (Lipinski definition) is 1. The maximum atomic E-state index is 14.3. The van der Waals surface area contributed by atoms with Crippen molar-refractivity contribution in [2.45, 2.75) is 13.0 Å². The van der Waals surface area contributed by atoms with Gasteiger partial charge >= 0.3 is 0 Å². The van der Waals surface area contributed by atoms with Crippen LogP contribution in [0.15, 0.2) is 12.1 Å². The van der Waals surface area contributed by atoms with Crippen molar-refractivity contribution >= 4 is 36.7 Å². The fraction of sp³-hybridized carbons (Fsp3) is 0.357. The zero-order valence-corrected chi connectivity index (χ0v) is 12.4. The van der Waals surface area contributed by atoms with Crippen molar-refractivity contribution in [2.75, 3.05) is 29.9 Å². The number of nitrogens with zero attached hydrogens (tertiary/aromatic N) is 2. The summed E-state index contributed by atoms with van der Waals surface area (Å²) in [6.45, 7) is 3.42. The van der Waals surface area contributed by atoms with Gasteiger partial charge in [0.15, 0.2) is 5.81 Å². The van der Waals surface area contributed by atoms with E-state index in [1.165, 1.54) is 13.9 Å². The number of piperazine rings is 1. The lowest BCUT2D eigenvalue weighted by atomic mass is 10.0. The van der Waals surface area contributed by atoms with Crippen LogP contribution >= 0.6 is 0 Å². The molecule has 0 aliphatic carbocycles. The van der Waals surface area contributed by atoms with Crippen LogP contribution in [-0.4, -0.2) is 55.9 Å². The Morgan fingerprint density at radius 1 is 1.36 bits per heavy atom. The second-order valence-electron chi connectivity index (χ2n) is 5.64. The fourth-order valence-corrected chi connectivity index (χ4v) is 3.04. The Morgan fingerprint density at radius 2 is 2.09 bits per heavy atom. The predicted molar refractivity (Wildman–Crippen MR) is 81.7 cm³/mol. The number of ketones is 1. The third-order valence-electron chi connectivity index (χ3n) is 4.16. The number of amides is 2. The number of carbonyl (C=O) groups excluding carboxylic acids is 3. The molecule has 1 N–H and O–H groups in total. The number of benzene rings is 1. The van der Waals surface area contributed by atoms with Crippen LogP contribution in [0.2, 0.25) is 0 Å². The molecule has 1 aromatic carbocycles. The Bertz CT molecular complexity index is 694. The van der Waals surface area contributed by atoms with Gasteiger partial charge in [-0.15, -0.1) is 0 Å². The van der Waals surface area contributed by atoms with Gasteiger partial charge in [0.25, 0.3) is 11.7 Å². The zero-order valence-electron chi connectivity index (χ0n) is 12.4. The minimum atomic E-state index is -0.735. The van der Waals surface area contributed by atoms with E-state index in [0.29, 0.717) is 31.0 Å². The summed E-state index contributed by atoms with van der Waals surface area (Å²) in [4.78, 5) is 38.0. The second-order valence-corrected chi connectivity index (χ2v) is 5.64. The Labute approximate surface area is 127 Å². The number of rotatable bonds is 1. The van der Waals surface area contributed by atoms with E-state index < -0.39 is 17.5 Å². The van der Waals surface area contributed by atoms with Crippen LogP contribution in [0.25, 0.3) is 0 Å². The molecule has 2 amide bonds. The van der Waals surface area contributed by atoms with Gasteiger partial charge in [-0.25, -0.2) is 4.39 Å². The molecule has 0 bridgehead atoms. The number of halogens is 1. The summed E-state index contributed by atoms with van der Waals surface area (Å²) in [6, 6.07) is 2.56. The molecule has 2 aliphatic heterocycles. The second kappa shape index (κ2) is 5.12. The normalized spacial score (nSPS) is 20.9. The molecule has 114 valence electrons. The van der Waals surface area contributed by atoms with Crippen LogP contribution in [0.4, 0.5) is 20.6 Å². The summed E-state index contributed by atoms with van der Waals surface area (Å²) in [5.41, 5.74) is 0.749. The third-order valence-corrected chi connectivity index (χ3v) is 4.16. The van der Waals surface area contributed by atoms with Gasteiger partial charge in [0, 0.05) is 25.7 Å². The topological polar surface area (TPSA) is 69.7 Å². The van der Waals surface area contributed by atoms with Crippen molar-refractivity contribution in [3.8, 4) is 0 Å². The number of anilines is 2. The Morgan fingerprint density at radius 3 is 2.73 bits per heavy atom. The molecule has 3 rings (SSSR count). The van der Waals surface area contributed by atoms with Gasteiger partial charge < -0.3 is 15.1 Å². The summed E-state index contributed by atoms with van der Waals surface area (Å²) in [7, 11) is 1.52. The minimum Gasteiger partial charge on any atom is -0.365 e. The zero-order chi connectivity index (χ0) is 16.0. The van der Waals surface area contributed by atoms with E-state index in [-0.39, 0.29) is 17.4 Å². The molecule has 1 atom stereocenters. The van der Waals surface area contributed by atoms with Gasteiger partial charge in [-0.1, -0.05) is 0 Å². The van der Waals surface area contributed by atoms with E-state index in [1.807, 2.05) is 11.8 Å². The van der Waals surface area contributed by atoms with Gasteiger partial charge in [-0.3, -0.25) is 14.4 Å². The van der Waals surface area contributed by atoms with Gasteiger partial charge in [-0.05, 0) is 19.1 Å². The highest BCUT2D eigenvalue weighted by Gasteiger charge is 2.32. The lowest BCUT2D eigenvalue weighted by Crippen LogP contribution is -2.54. The number of Topliss-reactive ketones (excluding diaryl/α,β-unsaturated/α-hetero) is 1. The Kier molecular flexibility index (Phi) is 3.39. The first kappa shape index (κ1) is 14.6. The highest BCUT2D eigenvalue weighted by Crippen LogP contribution is 2.32. The summed E-state index contributed by atoms with van der Waals surface area (Å²) >= 11 is 0. The average molecular weight is 303 g/mol. The lowest BCUT2D eigenvalue weighted by Gasteiger charge is -2.41. The molecular weight excluding hydrogens is 288 g/mol. The highest BCUT2D eigenvalue weighted by molar-refractivity contribution is 6.57. The SMILES string of the molecule is BC(=O)N1CCN(c2cc3c(cc2F)C(=O)C(=O)N3)CC1C. The largest absolute Gasteiger partial charge is 0.365 e. The maximum absolute atomic E-state index is 14.3. The number of carbonyl (C=O) groups is 3. The van der Waals surface area contributed by atoms with Crippen molar-refractivity contribution < 1.29 is 18.8 Å². The van der Waals surface area contributed by atoms with Crippen molar-refractivity contribution in [1.29, 1.82) is 0 Å². The summed E-state index contributed by atoms with van der Waals surface area (Å²) < 4.78 is 14.3. The monoisotopic (exact) mass is 303 g/mol. The predicted octanol–water partition coefficient (Wildman–Crippen LogP) is 0.224. The molecular formula is C14H15BFN3O3. The Hall–Kier alpha value is -2.38. The van der Waals surface area contributed by atoms with Crippen molar-refractivity contribution in [2.24, 2.45) is 0 Å². The molecule has 1 saturated heterocycles. The van der Waals surface area contributed by atoms with Gasteiger partial charge in [0.05, 0.1) is 16.9 Å². The molecule has 0 spiro atoms. The molecule has 8 heteroatoms. The first-order valence-electron chi connectivity index (χ1n) is 7.10. The molecule has 2 aliphatic rings. The number of fused-ring (bicyclic) bond motifs is 1. The highest BCUT2D eigenvalue weighted by atomic mass is 19.1. The van der Waals surface area contributed by atoms with Crippen LogP contribution in [0, 0.1) is 5.82 Å². The van der Waals surface area contributed by atoms with E-state index in [0.717, 1.165) is 6.07 Å².